The third kappa shape index (κ3) is 3.54. The van der Waals surface area contributed by atoms with Crippen LogP contribution < -0.4 is 14.8 Å². The van der Waals surface area contributed by atoms with Gasteiger partial charge in [-0.05, 0) is 43.1 Å². The average Bonchev–Trinajstić information content (AvgIpc) is 2.47. The molecule has 110 valence electrons. The Balaban J connectivity index is 2.03. The molecule has 4 nitrogen and oxygen atoms in total. The van der Waals surface area contributed by atoms with Crippen LogP contribution in [0.25, 0.3) is 0 Å². The normalized spacial score (nSPS) is 18.6. The topological polar surface area (TPSA) is 33.7 Å². The number of nitrogens with one attached hydrogen (secondary N) is 1. The van der Waals surface area contributed by atoms with E-state index in [1.54, 1.807) is 14.2 Å². The number of rotatable bonds is 3. The molecule has 2 rings (SSSR count). The van der Waals surface area contributed by atoms with Gasteiger partial charge >= 0.3 is 0 Å². The third-order valence-corrected chi connectivity index (χ3v) is 3.94. The van der Waals surface area contributed by atoms with E-state index in [-0.39, 0.29) is 0 Å². The predicted molar refractivity (Wildman–Crippen MR) is 85.7 cm³/mol. The molecule has 1 atom stereocenters. The van der Waals surface area contributed by atoms with Crippen LogP contribution in [-0.4, -0.2) is 37.3 Å². The second-order valence-electron chi connectivity index (χ2n) is 5.19. The van der Waals surface area contributed by atoms with E-state index >= 15 is 0 Å². The van der Waals surface area contributed by atoms with Crippen molar-refractivity contribution in [1.82, 2.24) is 4.90 Å². The Morgan fingerprint density at radius 1 is 1.30 bits per heavy atom. The maximum atomic E-state index is 5.49. The van der Waals surface area contributed by atoms with Gasteiger partial charge in [-0.15, -0.1) is 0 Å². The lowest BCUT2D eigenvalue weighted by Gasteiger charge is -2.33. The van der Waals surface area contributed by atoms with Crippen molar-refractivity contribution in [3.05, 3.63) is 18.2 Å². The van der Waals surface area contributed by atoms with Gasteiger partial charge in [-0.3, -0.25) is 0 Å². The van der Waals surface area contributed by atoms with E-state index in [1.165, 1.54) is 12.8 Å². The van der Waals surface area contributed by atoms with E-state index in [2.05, 4.69) is 17.1 Å². The van der Waals surface area contributed by atoms with Crippen molar-refractivity contribution in [3.63, 3.8) is 0 Å². The zero-order valence-corrected chi connectivity index (χ0v) is 13.1. The highest BCUT2D eigenvalue weighted by Crippen LogP contribution is 2.30. The summed E-state index contributed by atoms with van der Waals surface area (Å²) in [6.07, 6.45) is 2.49. The van der Waals surface area contributed by atoms with Crippen LogP contribution in [0.2, 0.25) is 0 Å². The highest BCUT2D eigenvalue weighted by atomic mass is 32.1. The zero-order valence-electron chi connectivity index (χ0n) is 12.3. The van der Waals surface area contributed by atoms with E-state index in [0.29, 0.717) is 11.7 Å². The molecule has 0 unspecified atom stereocenters. The van der Waals surface area contributed by atoms with Crippen molar-refractivity contribution in [2.24, 2.45) is 5.92 Å². The van der Waals surface area contributed by atoms with Crippen molar-refractivity contribution >= 4 is 23.0 Å². The lowest BCUT2D eigenvalue weighted by atomic mass is 10.0. The van der Waals surface area contributed by atoms with Crippen LogP contribution in [0, 0.1) is 5.92 Å². The number of thiocarbonyl (C=S) groups is 1. The summed E-state index contributed by atoms with van der Waals surface area (Å²) in [4.78, 5) is 2.24. The van der Waals surface area contributed by atoms with E-state index in [9.17, 15) is 0 Å². The minimum atomic E-state index is 0.701. The number of nitrogens with zero attached hydrogens (tertiary/aromatic N) is 1. The molecule has 0 spiro atoms. The molecule has 0 aromatic heterocycles. The Labute approximate surface area is 126 Å². The minimum Gasteiger partial charge on any atom is -0.493 e. The molecule has 20 heavy (non-hydrogen) atoms. The largest absolute Gasteiger partial charge is 0.493 e. The van der Waals surface area contributed by atoms with Crippen molar-refractivity contribution in [3.8, 4) is 11.5 Å². The van der Waals surface area contributed by atoms with Gasteiger partial charge in [0.1, 0.15) is 0 Å². The molecule has 0 aliphatic carbocycles. The molecule has 1 aromatic rings. The Bertz CT molecular complexity index is 479. The van der Waals surface area contributed by atoms with Gasteiger partial charge in [0.2, 0.25) is 0 Å². The van der Waals surface area contributed by atoms with Crippen LogP contribution in [0.3, 0.4) is 0 Å². The summed E-state index contributed by atoms with van der Waals surface area (Å²) >= 11 is 5.49. The first-order chi connectivity index (χ1) is 9.63. The van der Waals surface area contributed by atoms with Crippen LogP contribution in [0.1, 0.15) is 19.8 Å². The Kier molecular flexibility index (Phi) is 5.06. The van der Waals surface area contributed by atoms with Crippen LogP contribution >= 0.6 is 12.2 Å². The Morgan fingerprint density at radius 2 is 2.05 bits per heavy atom. The quantitative estimate of drug-likeness (QED) is 0.866. The van der Waals surface area contributed by atoms with Crippen LogP contribution in [0.4, 0.5) is 5.69 Å². The number of ether oxygens (including phenoxy) is 2. The molecule has 0 radical (unpaired) electrons. The number of anilines is 1. The fourth-order valence-corrected chi connectivity index (χ4v) is 2.77. The molecule has 1 heterocycles. The van der Waals surface area contributed by atoms with Gasteiger partial charge in [0.05, 0.1) is 14.2 Å². The minimum absolute atomic E-state index is 0.701. The van der Waals surface area contributed by atoms with E-state index in [4.69, 9.17) is 21.7 Å². The molecule has 1 fully saturated rings. The van der Waals surface area contributed by atoms with Gasteiger partial charge in [0.15, 0.2) is 16.6 Å². The Hall–Kier alpha value is -1.49. The first-order valence-electron chi connectivity index (χ1n) is 6.92. The van der Waals surface area contributed by atoms with Crippen LogP contribution in [0.15, 0.2) is 18.2 Å². The fourth-order valence-electron chi connectivity index (χ4n) is 2.49. The molecule has 5 heteroatoms. The molecular weight excluding hydrogens is 272 g/mol. The maximum absolute atomic E-state index is 5.49. The molecule has 0 saturated carbocycles. The van der Waals surface area contributed by atoms with Gasteiger partial charge in [0, 0.05) is 24.8 Å². The molecule has 1 aromatic carbocycles. The number of likely N-dealkylation sites (tertiary alicyclic amines) is 1. The first-order valence-corrected chi connectivity index (χ1v) is 7.33. The van der Waals surface area contributed by atoms with Crippen molar-refractivity contribution < 1.29 is 9.47 Å². The molecular formula is C15H22N2O2S. The summed E-state index contributed by atoms with van der Waals surface area (Å²) in [7, 11) is 3.26. The summed E-state index contributed by atoms with van der Waals surface area (Å²) in [6.45, 7) is 4.33. The smallest absolute Gasteiger partial charge is 0.173 e. The van der Waals surface area contributed by atoms with Gasteiger partial charge in [-0.25, -0.2) is 0 Å². The van der Waals surface area contributed by atoms with E-state index in [1.807, 2.05) is 18.2 Å². The lowest BCUT2D eigenvalue weighted by Crippen LogP contribution is -2.41. The Morgan fingerprint density at radius 3 is 2.70 bits per heavy atom. The summed E-state index contributed by atoms with van der Waals surface area (Å²) < 4.78 is 10.5. The van der Waals surface area contributed by atoms with Gasteiger partial charge in [0.25, 0.3) is 0 Å². The summed E-state index contributed by atoms with van der Waals surface area (Å²) in [5.74, 6) is 2.12. The standard InChI is InChI=1S/C15H22N2O2S/c1-11-5-4-8-17(10-11)15(20)16-12-6-7-13(18-2)14(9-12)19-3/h6-7,9,11H,4-5,8,10H2,1-3H3,(H,16,20)/t11-/m1/s1. The monoisotopic (exact) mass is 294 g/mol. The number of hydrogen-bond donors (Lipinski definition) is 1. The first kappa shape index (κ1) is 14.9. The second kappa shape index (κ2) is 6.79. The fraction of sp³-hybridized carbons (Fsp3) is 0.533. The van der Waals surface area contributed by atoms with Crippen LogP contribution in [0.5, 0.6) is 11.5 Å². The molecule has 0 amide bonds. The van der Waals surface area contributed by atoms with Crippen molar-refractivity contribution in [2.45, 2.75) is 19.8 Å². The predicted octanol–water partition coefficient (Wildman–Crippen LogP) is 3.13. The second-order valence-corrected chi connectivity index (χ2v) is 5.58. The summed E-state index contributed by atoms with van der Waals surface area (Å²) in [5, 5.41) is 4.06. The van der Waals surface area contributed by atoms with Crippen molar-refractivity contribution in [1.29, 1.82) is 0 Å². The van der Waals surface area contributed by atoms with Gasteiger partial charge in [-0.1, -0.05) is 6.92 Å². The third-order valence-electron chi connectivity index (χ3n) is 3.58. The van der Waals surface area contributed by atoms with Gasteiger partial charge in [-0.2, -0.15) is 0 Å². The highest BCUT2D eigenvalue weighted by molar-refractivity contribution is 7.80. The van der Waals surface area contributed by atoms with Crippen LogP contribution in [-0.2, 0) is 0 Å². The number of hydrogen-bond acceptors (Lipinski definition) is 3. The maximum Gasteiger partial charge on any atom is 0.173 e. The SMILES string of the molecule is COc1ccc(NC(=S)N2CCC[C@@H](C)C2)cc1OC. The van der Waals surface area contributed by atoms with E-state index in [0.717, 1.165) is 29.6 Å². The molecule has 1 aliphatic heterocycles. The molecule has 1 aliphatic rings. The number of benzene rings is 1. The molecule has 1 N–H and O–H groups in total. The lowest BCUT2D eigenvalue weighted by molar-refractivity contribution is 0.276. The van der Waals surface area contributed by atoms with E-state index < -0.39 is 0 Å². The van der Waals surface area contributed by atoms with Gasteiger partial charge < -0.3 is 19.7 Å². The highest BCUT2D eigenvalue weighted by Gasteiger charge is 2.18. The summed E-state index contributed by atoms with van der Waals surface area (Å²) in [6, 6.07) is 5.72. The molecule has 0 bridgehead atoms. The summed E-state index contributed by atoms with van der Waals surface area (Å²) in [5.41, 5.74) is 0.922. The average molecular weight is 294 g/mol. The zero-order chi connectivity index (χ0) is 14.5. The molecule has 1 saturated heterocycles. The number of piperidine rings is 1. The number of methoxy groups -OCH3 is 2. The van der Waals surface area contributed by atoms with Crippen molar-refractivity contribution in [2.75, 3.05) is 32.6 Å².